The zero-order valence-electron chi connectivity index (χ0n) is 19.1. The average molecular weight is 457 g/mol. The molecule has 0 bridgehead atoms. The molecule has 1 aromatic heterocycles. The number of nitrogens with one attached hydrogen (secondary N) is 2. The van der Waals surface area contributed by atoms with Gasteiger partial charge in [-0.2, -0.15) is 0 Å². The van der Waals surface area contributed by atoms with Gasteiger partial charge in [-0.25, -0.2) is 0 Å². The number of ether oxygens (including phenoxy) is 1. The average Bonchev–Trinajstić information content (AvgIpc) is 3.12. The lowest BCUT2D eigenvalue weighted by atomic mass is 9.88. The number of carbonyl (C=O) groups excluding carboxylic acids is 2. The van der Waals surface area contributed by atoms with E-state index in [1.54, 1.807) is 18.4 Å². The van der Waals surface area contributed by atoms with Gasteiger partial charge in [0.25, 0.3) is 5.91 Å². The van der Waals surface area contributed by atoms with E-state index >= 15 is 0 Å². The highest BCUT2D eigenvalue weighted by molar-refractivity contribution is 7.17. The number of carbonyl (C=O) groups is 2. The van der Waals surface area contributed by atoms with E-state index in [4.69, 9.17) is 4.74 Å². The van der Waals surface area contributed by atoms with Crippen LogP contribution in [0.25, 0.3) is 0 Å². The maximum atomic E-state index is 13.4. The summed E-state index contributed by atoms with van der Waals surface area (Å²) >= 11 is 1.55. The van der Waals surface area contributed by atoms with Crippen LogP contribution in [0.4, 0.5) is 10.7 Å². The topological polar surface area (TPSA) is 73.9 Å². The van der Waals surface area contributed by atoms with Crippen LogP contribution in [-0.4, -0.2) is 68.5 Å². The van der Waals surface area contributed by atoms with Crippen molar-refractivity contribution in [2.45, 2.75) is 26.2 Å². The van der Waals surface area contributed by atoms with Crippen LogP contribution < -0.4 is 15.4 Å². The van der Waals surface area contributed by atoms with Crippen molar-refractivity contribution in [3.8, 4) is 5.75 Å². The Bertz CT molecular complexity index is 982. The summed E-state index contributed by atoms with van der Waals surface area (Å²) < 4.78 is 5.39. The summed E-state index contributed by atoms with van der Waals surface area (Å²) in [5, 5.41) is 6.73. The Hall–Kier alpha value is -2.42. The van der Waals surface area contributed by atoms with Crippen LogP contribution in [0.15, 0.2) is 24.3 Å². The van der Waals surface area contributed by atoms with Crippen molar-refractivity contribution in [2.24, 2.45) is 5.92 Å². The van der Waals surface area contributed by atoms with Gasteiger partial charge in [0, 0.05) is 31.1 Å². The lowest BCUT2D eigenvalue weighted by molar-refractivity contribution is -0.117. The molecule has 0 spiro atoms. The molecule has 2 aromatic rings. The van der Waals surface area contributed by atoms with E-state index in [9.17, 15) is 9.59 Å². The Balaban J connectivity index is 1.55. The number of amides is 2. The summed E-state index contributed by atoms with van der Waals surface area (Å²) in [4.78, 5) is 31.9. The summed E-state index contributed by atoms with van der Waals surface area (Å²) in [6.45, 7) is 6.27. The van der Waals surface area contributed by atoms with Crippen molar-refractivity contribution in [3.05, 3.63) is 40.3 Å². The predicted octanol–water partition coefficient (Wildman–Crippen LogP) is 3.32. The van der Waals surface area contributed by atoms with Gasteiger partial charge in [0.2, 0.25) is 5.91 Å². The smallest absolute Gasteiger partial charge is 0.259 e. The Morgan fingerprint density at radius 1 is 1.16 bits per heavy atom. The molecule has 7 nitrogen and oxygen atoms in total. The van der Waals surface area contributed by atoms with E-state index in [1.807, 2.05) is 24.3 Å². The second kappa shape index (κ2) is 10.0. The van der Waals surface area contributed by atoms with Crippen molar-refractivity contribution < 1.29 is 14.3 Å². The van der Waals surface area contributed by atoms with Gasteiger partial charge >= 0.3 is 0 Å². The van der Waals surface area contributed by atoms with Gasteiger partial charge in [0.15, 0.2) is 0 Å². The quantitative estimate of drug-likeness (QED) is 0.698. The van der Waals surface area contributed by atoms with E-state index < -0.39 is 0 Å². The molecule has 2 aliphatic rings. The number of methoxy groups -OCH3 is 1. The van der Waals surface area contributed by atoms with Gasteiger partial charge in [-0.3, -0.25) is 14.5 Å². The zero-order valence-corrected chi connectivity index (χ0v) is 19.9. The largest absolute Gasteiger partial charge is 0.495 e. The van der Waals surface area contributed by atoms with Crippen molar-refractivity contribution in [1.82, 2.24) is 9.80 Å². The van der Waals surface area contributed by atoms with Gasteiger partial charge in [0.1, 0.15) is 10.8 Å². The first-order chi connectivity index (χ1) is 15.4. The number of para-hydroxylation sites is 2. The Labute approximate surface area is 193 Å². The molecule has 0 saturated carbocycles. The molecule has 1 aromatic carbocycles. The molecule has 0 unspecified atom stereocenters. The normalized spacial score (nSPS) is 19.3. The van der Waals surface area contributed by atoms with Crippen LogP contribution in [0.3, 0.4) is 0 Å². The molecule has 1 fully saturated rings. The fraction of sp³-hybridized carbons (Fsp3) is 0.500. The summed E-state index contributed by atoms with van der Waals surface area (Å²) in [5.74, 6) is 0.934. The van der Waals surface area contributed by atoms with Gasteiger partial charge < -0.3 is 20.3 Å². The minimum Gasteiger partial charge on any atom is -0.495 e. The first-order valence-electron chi connectivity index (χ1n) is 11.2. The molecule has 8 heteroatoms. The summed E-state index contributed by atoms with van der Waals surface area (Å²) in [7, 11) is 3.68. The minimum atomic E-state index is -0.198. The van der Waals surface area contributed by atoms with Gasteiger partial charge in [0.05, 0.1) is 24.9 Å². The number of thiophene rings is 1. The number of piperazine rings is 1. The van der Waals surface area contributed by atoms with Crippen LogP contribution in [0.2, 0.25) is 0 Å². The number of benzene rings is 1. The molecule has 4 rings (SSSR count). The number of rotatable bonds is 6. The molecule has 32 heavy (non-hydrogen) atoms. The van der Waals surface area contributed by atoms with E-state index in [0.29, 0.717) is 34.5 Å². The Morgan fingerprint density at radius 3 is 2.66 bits per heavy atom. The highest BCUT2D eigenvalue weighted by atomic mass is 32.1. The van der Waals surface area contributed by atoms with Gasteiger partial charge in [-0.1, -0.05) is 19.1 Å². The highest BCUT2D eigenvalue weighted by Crippen LogP contribution is 2.40. The first-order valence-corrected chi connectivity index (χ1v) is 12.1. The minimum absolute atomic E-state index is 0.0625. The molecule has 2 heterocycles. The maximum absolute atomic E-state index is 13.4. The highest BCUT2D eigenvalue weighted by Gasteiger charge is 2.29. The number of fused-ring (bicyclic) bond motifs is 1. The van der Waals surface area contributed by atoms with E-state index in [0.717, 1.165) is 51.0 Å². The van der Waals surface area contributed by atoms with Crippen molar-refractivity contribution in [1.29, 1.82) is 0 Å². The SMILES string of the molecule is COc1ccccc1NC(=O)c1c(NC(=O)CN2CCN(C)CC2)sc2c1CC[C@@H](C)C2. The Kier molecular flexibility index (Phi) is 7.13. The van der Waals surface area contributed by atoms with E-state index in [2.05, 4.69) is 34.4 Å². The van der Waals surface area contributed by atoms with Crippen LogP contribution in [0, 0.1) is 5.92 Å². The lowest BCUT2D eigenvalue weighted by Gasteiger charge is -2.31. The fourth-order valence-corrected chi connectivity index (χ4v) is 5.81. The standard InChI is InChI=1S/C24H32N4O3S/c1-16-8-9-17-20(14-16)32-24(26-21(29)15-28-12-10-27(2)11-13-28)22(17)23(30)25-18-6-4-5-7-19(18)31-3/h4-7,16H,8-15H2,1-3H3,(H,25,30)(H,26,29)/t16-/m1/s1. The Morgan fingerprint density at radius 2 is 1.91 bits per heavy atom. The fourth-order valence-electron chi connectivity index (χ4n) is 4.39. The van der Waals surface area contributed by atoms with Crippen LogP contribution in [-0.2, 0) is 17.6 Å². The number of hydrogen-bond acceptors (Lipinski definition) is 6. The number of hydrogen-bond donors (Lipinski definition) is 2. The molecule has 1 atom stereocenters. The third-order valence-corrected chi connectivity index (χ3v) is 7.48. The van der Waals surface area contributed by atoms with Crippen LogP contribution in [0.1, 0.15) is 34.1 Å². The third kappa shape index (κ3) is 5.14. The summed E-state index contributed by atoms with van der Waals surface area (Å²) in [6.07, 6.45) is 2.85. The van der Waals surface area contributed by atoms with Crippen molar-refractivity contribution in [3.63, 3.8) is 0 Å². The van der Waals surface area contributed by atoms with E-state index in [-0.39, 0.29) is 11.8 Å². The first kappa shape index (κ1) is 22.8. The monoisotopic (exact) mass is 456 g/mol. The maximum Gasteiger partial charge on any atom is 0.259 e. The molecular formula is C24H32N4O3S. The molecule has 2 N–H and O–H groups in total. The van der Waals surface area contributed by atoms with Crippen molar-refractivity contribution in [2.75, 3.05) is 57.5 Å². The number of nitrogens with zero attached hydrogens (tertiary/aromatic N) is 2. The molecule has 1 aliphatic heterocycles. The molecule has 2 amide bonds. The molecule has 172 valence electrons. The van der Waals surface area contributed by atoms with Gasteiger partial charge in [-0.15, -0.1) is 11.3 Å². The summed E-state index contributed by atoms with van der Waals surface area (Å²) in [5.41, 5.74) is 2.31. The second-order valence-corrected chi connectivity index (χ2v) is 9.94. The molecule has 1 aliphatic carbocycles. The summed E-state index contributed by atoms with van der Waals surface area (Å²) in [6, 6.07) is 7.37. The second-order valence-electron chi connectivity index (χ2n) is 8.84. The molecule has 1 saturated heterocycles. The van der Waals surface area contributed by atoms with E-state index in [1.165, 1.54) is 4.88 Å². The van der Waals surface area contributed by atoms with Crippen LogP contribution in [0.5, 0.6) is 5.75 Å². The predicted molar refractivity (Wildman–Crippen MR) is 129 cm³/mol. The number of anilines is 2. The van der Waals surface area contributed by atoms with Gasteiger partial charge in [-0.05, 0) is 49.9 Å². The molecule has 0 radical (unpaired) electrons. The van der Waals surface area contributed by atoms with Crippen molar-refractivity contribution >= 4 is 33.8 Å². The van der Waals surface area contributed by atoms with Crippen LogP contribution >= 0.6 is 11.3 Å². The molecular weight excluding hydrogens is 424 g/mol. The number of likely N-dealkylation sites (N-methyl/N-ethyl adjacent to an activating group) is 1. The third-order valence-electron chi connectivity index (χ3n) is 6.31. The lowest BCUT2D eigenvalue weighted by Crippen LogP contribution is -2.47. The zero-order chi connectivity index (χ0) is 22.7.